The van der Waals surface area contributed by atoms with Crippen LogP contribution < -0.4 is 0 Å². The van der Waals surface area contributed by atoms with Gasteiger partial charge in [-0.25, -0.2) is 0 Å². The van der Waals surface area contributed by atoms with Gasteiger partial charge in [0, 0.05) is 44.4 Å². The number of carbonyl (C=O) groups excluding carboxylic acids is 3. The number of carbonyl (C=O) groups is 3. The van der Waals surface area contributed by atoms with Crippen LogP contribution in [0.5, 0.6) is 0 Å². The number of ketones is 1. The Hall–Kier alpha value is -1.69. The summed E-state index contributed by atoms with van der Waals surface area (Å²) in [5.74, 6) is 0.144. The minimum atomic E-state index is -0.390. The van der Waals surface area contributed by atoms with Gasteiger partial charge in [0.05, 0.1) is 4.88 Å². The van der Waals surface area contributed by atoms with Crippen molar-refractivity contribution >= 4 is 28.9 Å². The van der Waals surface area contributed by atoms with Gasteiger partial charge in [-0.15, -0.1) is 11.3 Å². The summed E-state index contributed by atoms with van der Waals surface area (Å²) in [6, 6.07) is 3.62. The van der Waals surface area contributed by atoms with Gasteiger partial charge in [0.2, 0.25) is 11.8 Å². The maximum atomic E-state index is 12.2. The van der Waals surface area contributed by atoms with Gasteiger partial charge in [0.1, 0.15) is 0 Å². The van der Waals surface area contributed by atoms with E-state index in [1.54, 1.807) is 11.0 Å². The molecule has 1 aliphatic rings. The molecule has 0 aromatic carbocycles. The first-order chi connectivity index (χ1) is 10.8. The molecule has 1 aliphatic heterocycles. The zero-order chi connectivity index (χ0) is 17.0. The molecule has 2 heterocycles. The minimum Gasteiger partial charge on any atom is -0.339 e. The molecule has 2 amide bonds. The molecule has 0 N–H and O–H groups in total. The fraction of sp³-hybridized carbons (Fsp3) is 0.588. The second-order valence-electron chi connectivity index (χ2n) is 6.82. The molecule has 2 rings (SSSR count). The van der Waals surface area contributed by atoms with Gasteiger partial charge in [-0.1, -0.05) is 26.8 Å². The van der Waals surface area contributed by atoms with Gasteiger partial charge in [0.25, 0.3) is 0 Å². The molecule has 0 unspecified atom stereocenters. The Labute approximate surface area is 141 Å². The molecule has 0 bridgehead atoms. The summed E-state index contributed by atoms with van der Waals surface area (Å²) in [6.07, 6.45) is 0.491. The van der Waals surface area contributed by atoms with E-state index in [9.17, 15) is 14.4 Å². The van der Waals surface area contributed by atoms with Crippen molar-refractivity contribution < 1.29 is 14.4 Å². The van der Waals surface area contributed by atoms with Crippen LogP contribution in [0.2, 0.25) is 0 Å². The number of nitrogens with zero attached hydrogens (tertiary/aromatic N) is 2. The van der Waals surface area contributed by atoms with Gasteiger partial charge in [-0.2, -0.15) is 0 Å². The lowest BCUT2D eigenvalue weighted by molar-refractivity contribution is -0.144. The highest BCUT2D eigenvalue weighted by molar-refractivity contribution is 7.12. The minimum absolute atomic E-state index is 0.00207. The molecule has 0 spiro atoms. The smallest absolute Gasteiger partial charge is 0.228 e. The highest BCUT2D eigenvalue weighted by atomic mass is 32.1. The van der Waals surface area contributed by atoms with Crippen molar-refractivity contribution in [1.29, 1.82) is 0 Å². The summed E-state index contributed by atoms with van der Waals surface area (Å²) in [5, 5.41) is 1.86. The first kappa shape index (κ1) is 17.7. The van der Waals surface area contributed by atoms with E-state index in [1.165, 1.54) is 11.3 Å². The molecule has 0 saturated carbocycles. The Morgan fingerprint density at radius 3 is 2.17 bits per heavy atom. The van der Waals surface area contributed by atoms with Crippen LogP contribution in [0.25, 0.3) is 0 Å². The van der Waals surface area contributed by atoms with Crippen LogP contribution in [0.15, 0.2) is 17.5 Å². The van der Waals surface area contributed by atoms with Crippen molar-refractivity contribution in [3.63, 3.8) is 0 Å². The highest BCUT2D eigenvalue weighted by Gasteiger charge is 2.30. The average Bonchev–Trinajstić information content (AvgIpc) is 3.05. The molecule has 6 heteroatoms. The van der Waals surface area contributed by atoms with Gasteiger partial charge in [-0.05, 0) is 11.4 Å². The summed E-state index contributed by atoms with van der Waals surface area (Å²) >= 11 is 1.41. The predicted molar refractivity (Wildman–Crippen MR) is 90.5 cm³/mol. The molecule has 1 aromatic heterocycles. The third kappa shape index (κ3) is 4.64. The first-order valence-electron chi connectivity index (χ1n) is 7.93. The van der Waals surface area contributed by atoms with Crippen LogP contribution in [-0.4, -0.2) is 53.6 Å². The quantitative estimate of drug-likeness (QED) is 0.794. The molecule has 0 radical (unpaired) electrons. The molecular formula is C17H24N2O3S. The summed E-state index contributed by atoms with van der Waals surface area (Å²) in [5.41, 5.74) is -0.390. The first-order valence-corrected chi connectivity index (χ1v) is 8.81. The summed E-state index contributed by atoms with van der Waals surface area (Å²) in [7, 11) is 0. The SMILES string of the molecule is CC(C)(C)C(=O)N1CCN(C(=O)CCC(=O)c2cccs2)CC1. The van der Waals surface area contributed by atoms with Crippen LogP contribution in [0, 0.1) is 5.41 Å². The molecular weight excluding hydrogens is 312 g/mol. The summed E-state index contributed by atoms with van der Waals surface area (Å²) < 4.78 is 0. The lowest BCUT2D eigenvalue weighted by Gasteiger charge is -2.37. The number of amides is 2. The molecule has 126 valence electrons. The Morgan fingerprint density at radius 2 is 1.65 bits per heavy atom. The standard InChI is InChI=1S/C17H24N2O3S/c1-17(2,3)16(22)19-10-8-18(9-11-19)15(21)7-6-13(20)14-5-4-12-23-14/h4-5,12H,6-11H2,1-3H3. The van der Waals surface area contributed by atoms with Gasteiger partial charge in [-0.3, -0.25) is 14.4 Å². The Balaban J connectivity index is 1.78. The molecule has 0 aliphatic carbocycles. The molecule has 23 heavy (non-hydrogen) atoms. The van der Waals surface area contributed by atoms with E-state index in [0.717, 1.165) is 0 Å². The van der Waals surface area contributed by atoms with Crippen LogP contribution in [0.4, 0.5) is 0 Å². The number of hydrogen-bond acceptors (Lipinski definition) is 4. The molecule has 5 nitrogen and oxygen atoms in total. The molecule has 1 fully saturated rings. The van der Waals surface area contributed by atoms with E-state index in [0.29, 0.717) is 31.1 Å². The van der Waals surface area contributed by atoms with Crippen LogP contribution in [-0.2, 0) is 9.59 Å². The van der Waals surface area contributed by atoms with E-state index in [2.05, 4.69) is 0 Å². The Morgan fingerprint density at radius 1 is 1.04 bits per heavy atom. The predicted octanol–water partition coefficient (Wildman–Crippen LogP) is 2.43. The average molecular weight is 336 g/mol. The van der Waals surface area contributed by atoms with Crippen molar-refractivity contribution in [3.8, 4) is 0 Å². The fourth-order valence-corrected chi connectivity index (χ4v) is 3.27. The largest absolute Gasteiger partial charge is 0.339 e. The van der Waals surface area contributed by atoms with E-state index in [-0.39, 0.29) is 35.9 Å². The lowest BCUT2D eigenvalue weighted by atomic mass is 9.94. The number of Topliss-reactive ketones (excluding diaryl/α,β-unsaturated/α-hetero) is 1. The number of piperazine rings is 1. The normalized spacial score (nSPS) is 15.6. The van der Waals surface area contributed by atoms with Gasteiger partial charge >= 0.3 is 0 Å². The number of hydrogen-bond donors (Lipinski definition) is 0. The van der Waals surface area contributed by atoms with E-state index in [4.69, 9.17) is 0 Å². The molecule has 0 atom stereocenters. The van der Waals surface area contributed by atoms with Crippen LogP contribution in [0.1, 0.15) is 43.3 Å². The van der Waals surface area contributed by atoms with Crippen molar-refractivity contribution in [1.82, 2.24) is 9.80 Å². The van der Waals surface area contributed by atoms with E-state index < -0.39 is 0 Å². The summed E-state index contributed by atoms with van der Waals surface area (Å²) in [4.78, 5) is 40.7. The van der Waals surface area contributed by atoms with E-state index >= 15 is 0 Å². The lowest BCUT2D eigenvalue weighted by Crippen LogP contribution is -2.53. The zero-order valence-corrected chi connectivity index (χ0v) is 14.8. The maximum absolute atomic E-state index is 12.2. The van der Waals surface area contributed by atoms with Gasteiger partial charge < -0.3 is 9.80 Å². The highest BCUT2D eigenvalue weighted by Crippen LogP contribution is 2.19. The number of rotatable bonds is 4. The van der Waals surface area contributed by atoms with Crippen molar-refractivity contribution in [2.45, 2.75) is 33.6 Å². The zero-order valence-electron chi connectivity index (χ0n) is 14.0. The maximum Gasteiger partial charge on any atom is 0.228 e. The second-order valence-corrected chi connectivity index (χ2v) is 7.77. The topological polar surface area (TPSA) is 57.7 Å². The second kappa shape index (κ2) is 7.25. The van der Waals surface area contributed by atoms with Crippen molar-refractivity contribution in [3.05, 3.63) is 22.4 Å². The third-order valence-corrected chi connectivity index (χ3v) is 4.83. The monoisotopic (exact) mass is 336 g/mol. The molecule has 1 saturated heterocycles. The Kier molecular flexibility index (Phi) is 5.57. The summed E-state index contributed by atoms with van der Waals surface area (Å²) in [6.45, 7) is 7.96. The van der Waals surface area contributed by atoms with Crippen molar-refractivity contribution in [2.24, 2.45) is 5.41 Å². The van der Waals surface area contributed by atoms with Crippen LogP contribution in [0.3, 0.4) is 0 Å². The van der Waals surface area contributed by atoms with E-state index in [1.807, 2.05) is 37.1 Å². The molecule has 1 aromatic rings. The fourth-order valence-electron chi connectivity index (χ4n) is 2.57. The van der Waals surface area contributed by atoms with Crippen LogP contribution >= 0.6 is 11.3 Å². The van der Waals surface area contributed by atoms with Gasteiger partial charge in [0.15, 0.2) is 5.78 Å². The van der Waals surface area contributed by atoms with Crippen molar-refractivity contribution in [2.75, 3.05) is 26.2 Å². The Bertz CT molecular complexity index is 567. The third-order valence-electron chi connectivity index (χ3n) is 3.92. The number of thiophene rings is 1.